The Bertz CT molecular complexity index is 784. The van der Waals surface area contributed by atoms with Crippen molar-refractivity contribution in [3.63, 3.8) is 0 Å². The van der Waals surface area contributed by atoms with Crippen molar-refractivity contribution in [3.05, 3.63) is 65.5 Å². The molecule has 0 unspecified atom stereocenters. The van der Waals surface area contributed by atoms with Crippen molar-refractivity contribution in [1.29, 1.82) is 0 Å². The van der Waals surface area contributed by atoms with Gasteiger partial charge in [-0.3, -0.25) is 0 Å². The number of carboxylic acids is 1. The van der Waals surface area contributed by atoms with Gasteiger partial charge in [-0.25, -0.2) is 9.64 Å². The summed E-state index contributed by atoms with van der Waals surface area (Å²) in [7, 11) is 0. The van der Waals surface area contributed by atoms with Gasteiger partial charge in [-0.05, 0) is 35.6 Å². The topological polar surface area (TPSA) is 50.9 Å². The Morgan fingerprint density at radius 2 is 1.80 bits per heavy atom. The molecule has 0 bridgehead atoms. The van der Waals surface area contributed by atoms with E-state index in [4.69, 9.17) is 16.4 Å². The predicted octanol–water partition coefficient (Wildman–Crippen LogP) is 5.16. The number of hydrogen-bond donors (Lipinski definition) is 1. The highest BCUT2D eigenvalue weighted by Gasteiger charge is 2.35. The lowest BCUT2D eigenvalue weighted by molar-refractivity contribution is -0.153. The molecule has 0 saturated heterocycles. The van der Waals surface area contributed by atoms with Gasteiger partial charge in [0.05, 0.1) is 12.2 Å². The minimum Gasteiger partial charge on any atom is -0.480 e. The molecular formula is C21H21NO3. The van der Waals surface area contributed by atoms with Gasteiger partial charge in [-0.2, -0.15) is 0 Å². The predicted molar refractivity (Wildman–Crippen MR) is 96.5 cm³/mol. The zero-order chi connectivity index (χ0) is 17.7. The van der Waals surface area contributed by atoms with Crippen molar-refractivity contribution in [3.8, 4) is 11.1 Å². The van der Waals surface area contributed by atoms with Crippen molar-refractivity contribution < 1.29 is 14.6 Å². The average molecular weight is 335 g/mol. The average Bonchev–Trinajstić information content (AvgIpc) is 2.67. The van der Waals surface area contributed by atoms with Crippen molar-refractivity contribution in [2.24, 2.45) is 0 Å². The lowest BCUT2D eigenvalue weighted by Gasteiger charge is -2.37. The zero-order valence-corrected chi connectivity index (χ0v) is 14.1. The fourth-order valence-electron chi connectivity index (χ4n) is 3.56. The van der Waals surface area contributed by atoms with Crippen LogP contribution in [-0.4, -0.2) is 17.7 Å². The molecular weight excluding hydrogens is 314 g/mol. The number of rotatable bonds is 5. The van der Waals surface area contributed by atoms with E-state index in [0.29, 0.717) is 5.69 Å². The number of benzene rings is 2. The first kappa shape index (κ1) is 17.2. The van der Waals surface area contributed by atoms with E-state index in [1.54, 1.807) is 6.07 Å². The van der Waals surface area contributed by atoms with E-state index in [-0.39, 0.29) is 6.61 Å². The van der Waals surface area contributed by atoms with E-state index in [1.807, 2.05) is 42.5 Å². The molecule has 0 spiro atoms. The molecule has 1 aliphatic rings. The summed E-state index contributed by atoms with van der Waals surface area (Å²) < 4.78 is 5.86. The Hall–Kier alpha value is -2.64. The number of nitrogens with zero attached hydrogens (tertiary/aromatic N) is 1. The van der Waals surface area contributed by atoms with Crippen molar-refractivity contribution in [2.45, 2.75) is 37.7 Å². The van der Waals surface area contributed by atoms with Crippen LogP contribution >= 0.6 is 0 Å². The molecule has 0 amide bonds. The molecule has 0 atom stereocenters. The van der Waals surface area contributed by atoms with Crippen LogP contribution in [0.3, 0.4) is 0 Å². The second kappa shape index (κ2) is 7.50. The Labute approximate surface area is 147 Å². The Kier molecular flexibility index (Phi) is 5.16. The standard InChI is InChI=1S/C21H21NO3/c1-22-19-7-5-6-17(14-19)16-8-10-18(11-9-16)21(25-15-20(23)24)12-3-2-4-13-21/h5-11,14H,2-4,12-13,15H2,(H,23,24). The van der Waals surface area contributed by atoms with Crippen LogP contribution in [0.1, 0.15) is 37.7 Å². The zero-order valence-electron chi connectivity index (χ0n) is 14.1. The van der Waals surface area contributed by atoms with Gasteiger partial charge in [0.25, 0.3) is 0 Å². The maximum atomic E-state index is 11.0. The molecule has 1 N–H and O–H groups in total. The molecule has 2 aromatic carbocycles. The number of aliphatic carboxylic acids is 1. The minimum atomic E-state index is -0.933. The van der Waals surface area contributed by atoms with Crippen molar-refractivity contribution >= 4 is 11.7 Å². The first-order valence-electron chi connectivity index (χ1n) is 8.57. The first-order chi connectivity index (χ1) is 12.1. The van der Waals surface area contributed by atoms with Crippen molar-refractivity contribution in [2.75, 3.05) is 6.61 Å². The molecule has 128 valence electrons. The highest BCUT2D eigenvalue weighted by Crippen LogP contribution is 2.41. The largest absolute Gasteiger partial charge is 0.480 e. The smallest absolute Gasteiger partial charge is 0.329 e. The van der Waals surface area contributed by atoms with Crippen LogP contribution in [0.15, 0.2) is 48.5 Å². The molecule has 0 aliphatic heterocycles. The second-order valence-electron chi connectivity index (χ2n) is 6.48. The summed E-state index contributed by atoms with van der Waals surface area (Å²) in [6.07, 6.45) is 4.97. The van der Waals surface area contributed by atoms with Crippen LogP contribution in [-0.2, 0) is 15.1 Å². The fraction of sp³-hybridized carbons (Fsp3) is 0.333. The Morgan fingerprint density at radius 1 is 1.08 bits per heavy atom. The molecule has 25 heavy (non-hydrogen) atoms. The molecule has 1 fully saturated rings. The van der Waals surface area contributed by atoms with E-state index >= 15 is 0 Å². The second-order valence-corrected chi connectivity index (χ2v) is 6.48. The SMILES string of the molecule is [C-]#[N+]c1cccc(-c2ccc(C3(OCC(=O)O)CCCCC3)cc2)c1. The third-order valence-corrected chi connectivity index (χ3v) is 4.85. The van der Waals surface area contributed by atoms with Gasteiger partial charge in [0.1, 0.15) is 6.61 Å². The quantitative estimate of drug-likeness (QED) is 0.767. The lowest BCUT2D eigenvalue weighted by atomic mass is 9.79. The van der Waals surface area contributed by atoms with Crippen LogP contribution in [0.5, 0.6) is 0 Å². The van der Waals surface area contributed by atoms with Gasteiger partial charge < -0.3 is 9.84 Å². The molecule has 1 saturated carbocycles. The van der Waals surface area contributed by atoms with Crippen LogP contribution in [0.25, 0.3) is 16.0 Å². The summed E-state index contributed by atoms with van der Waals surface area (Å²) in [5.41, 5.74) is 3.21. The van der Waals surface area contributed by atoms with Crippen LogP contribution < -0.4 is 0 Å². The number of carbonyl (C=O) groups is 1. The maximum absolute atomic E-state index is 11.0. The lowest BCUT2D eigenvalue weighted by Crippen LogP contribution is -2.34. The summed E-state index contributed by atoms with van der Waals surface area (Å²) in [6.45, 7) is 6.87. The summed E-state index contributed by atoms with van der Waals surface area (Å²) in [5.74, 6) is -0.933. The number of ether oxygens (including phenoxy) is 1. The van der Waals surface area contributed by atoms with Gasteiger partial charge in [-0.15, -0.1) is 0 Å². The van der Waals surface area contributed by atoms with Crippen LogP contribution in [0.2, 0.25) is 0 Å². The van der Waals surface area contributed by atoms with Gasteiger partial charge in [0, 0.05) is 0 Å². The van der Waals surface area contributed by atoms with Crippen LogP contribution in [0.4, 0.5) is 5.69 Å². The molecule has 4 heteroatoms. The van der Waals surface area contributed by atoms with E-state index in [9.17, 15) is 4.79 Å². The molecule has 1 aliphatic carbocycles. The van der Waals surface area contributed by atoms with E-state index < -0.39 is 11.6 Å². The number of carboxylic acid groups (broad SMARTS) is 1. The number of hydrogen-bond acceptors (Lipinski definition) is 2. The summed E-state index contributed by atoms with van der Waals surface area (Å²) in [4.78, 5) is 14.4. The van der Waals surface area contributed by atoms with Gasteiger partial charge in [0.2, 0.25) is 0 Å². The molecule has 0 heterocycles. The van der Waals surface area contributed by atoms with Crippen LogP contribution in [0, 0.1) is 6.57 Å². The normalized spacial score (nSPS) is 16.1. The Balaban J connectivity index is 1.88. The first-order valence-corrected chi connectivity index (χ1v) is 8.57. The van der Waals surface area contributed by atoms with E-state index in [0.717, 1.165) is 42.4 Å². The van der Waals surface area contributed by atoms with Gasteiger partial charge in [0.15, 0.2) is 5.69 Å². The summed E-state index contributed by atoms with van der Waals surface area (Å²) >= 11 is 0. The maximum Gasteiger partial charge on any atom is 0.329 e. The molecule has 4 nitrogen and oxygen atoms in total. The summed E-state index contributed by atoms with van der Waals surface area (Å²) in [5, 5.41) is 9.00. The monoisotopic (exact) mass is 335 g/mol. The molecule has 3 rings (SSSR count). The van der Waals surface area contributed by atoms with E-state index in [1.165, 1.54) is 6.42 Å². The highest BCUT2D eigenvalue weighted by atomic mass is 16.5. The minimum absolute atomic E-state index is 0.269. The third kappa shape index (κ3) is 3.89. The molecule has 0 aromatic heterocycles. The van der Waals surface area contributed by atoms with Gasteiger partial charge >= 0.3 is 5.97 Å². The molecule has 0 radical (unpaired) electrons. The Morgan fingerprint density at radius 3 is 2.44 bits per heavy atom. The van der Waals surface area contributed by atoms with E-state index in [2.05, 4.69) is 4.85 Å². The third-order valence-electron chi connectivity index (χ3n) is 4.85. The van der Waals surface area contributed by atoms with Crippen molar-refractivity contribution in [1.82, 2.24) is 0 Å². The van der Waals surface area contributed by atoms with Gasteiger partial charge in [-0.1, -0.05) is 61.7 Å². The summed E-state index contributed by atoms with van der Waals surface area (Å²) in [6, 6.07) is 15.7. The molecule has 2 aromatic rings. The highest BCUT2D eigenvalue weighted by molar-refractivity contribution is 5.69. The fourth-order valence-corrected chi connectivity index (χ4v) is 3.56.